The second kappa shape index (κ2) is 5.74. The zero-order valence-electron chi connectivity index (χ0n) is 10.4. The lowest BCUT2D eigenvalue weighted by atomic mass is 10.1. The van der Waals surface area contributed by atoms with Crippen molar-refractivity contribution in [1.82, 2.24) is 5.32 Å². The average molecular weight is 254 g/mol. The molecule has 1 heterocycles. The standard InChI is InChI=1S/C13H19FN2S/c1-10-9-17-4-3-16(10)13-6-11(8-15-2)5-12(14)7-13/h5-7,10,15H,3-4,8-9H2,1-2H3. The Morgan fingerprint density at radius 3 is 3.00 bits per heavy atom. The Bertz CT molecular complexity index is 384. The number of thioether (sulfide) groups is 1. The topological polar surface area (TPSA) is 15.3 Å². The van der Waals surface area contributed by atoms with Crippen molar-refractivity contribution in [3.8, 4) is 0 Å². The number of hydrogen-bond acceptors (Lipinski definition) is 3. The molecular formula is C13H19FN2S. The van der Waals surface area contributed by atoms with Crippen molar-refractivity contribution in [3.05, 3.63) is 29.6 Å². The zero-order chi connectivity index (χ0) is 12.3. The van der Waals surface area contributed by atoms with Crippen molar-refractivity contribution in [1.29, 1.82) is 0 Å². The van der Waals surface area contributed by atoms with E-state index in [9.17, 15) is 4.39 Å². The summed E-state index contributed by atoms with van der Waals surface area (Å²) in [6.07, 6.45) is 0. The molecule has 0 radical (unpaired) electrons. The molecule has 0 aliphatic carbocycles. The molecule has 4 heteroatoms. The van der Waals surface area contributed by atoms with E-state index in [0.29, 0.717) is 12.6 Å². The van der Waals surface area contributed by atoms with Gasteiger partial charge in [-0.3, -0.25) is 0 Å². The number of benzene rings is 1. The molecule has 94 valence electrons. The fourth-order valence-corrected chi connectivity index (χ4v) is 3.23. The van der Waals surface area contributed by atoms with Crippen LogP contribution in [0.2, 0.25) is 0 Å². The fourth-order valence-electron chi connectivity index (χ4n) is 2.22. The summed E-state index contributed by atoms with van der Waals surface area (Å²) in [6, 6.07) is 5.82. The van der Waals surface area contributed by atoms with Gasteiger partial charge in [0.05, 0.1) is 0 Å². The number of rotatable bonds is 3. The van der Waals surface area contributed by atoms with Gasteiger partial charge in [-0.25, -0.2) is 4.39 Å². The Kier molecular flexibility index (Phi) is 4.29. The second-order valence-corrected chi connectivity index (χ2v) is 5.62. The molecule has 1 aliphatic rings. The van der Waals surface area contributed by atoms with Gasteiger partial charge >= 0.3 is 0 Å². The van der Waals surface area contributed by atoms with Crippen LogP contribution >= 0.6 is 11.8 Å². The molecule has 17 heavy (non-hydrogen) atoms. The lowest BCUT2D eigenvalue weighted by Crippen LogP contribution is -2.40. The molecule has 1 N–H and O–H groups in total. The number of anilines is 1. The maximum absolute atomic E-state index is 13.6. The summed E-state index contributed by atoms with van der Waals surface area (Å²) in [7, 11) is 1.88. The Morgan fingerprint density at radius 1 is 1.47 bits per heavy atom. The SMILES string of the molecule is CNCc1cc(F)cc(N2CCSCC2C)c1. The van der Waals surface area contributed by atoms with Crippen molar-refractivity contribution in [2.24, 2.45) is 0 Å². The molecule has 1 aromatic rings. The van der Waals surface area contributed by atoms with Gasteiger partial charge in [-0.15, -0.1) is 0 Å². The van der Waals surface area contributed by atoms with Crippen LogP contribution < -0.4 is 10.2 Å². The fraction of sp³-hybridized carbons (Fsp3) is 0.538. The van der Waals surface area contributed by atoms with E-state index in [1.54, 1.807) is 12.1 Å². The molecule has 1 aromatic carbocycles. The summed E-state index contributed by atoms with van der Waals surface area (Å²) >= 11 is 1.97. The molecule has 0 amide bonds. The van der Waals surface area contributed by atoms with Gasteiger partial charge in [-0.05, 0) is 37.7 Å². The van der Waals surface area contributed by atoms with Crippen molar-refractivity contribution >= 4 is 17.4 Å². The zero-order valence-corrected chi connectivity index (χ0v) is 11.2. The van der Waals surface area contributed by atoms with Crippen molar-refractivity contribution in [2.75, 3.05) is 30.0 Å². The minimum atomic E-state index is -0.141. The van der Waals surface area contributed by atoms with E-state index in [4.69, 9.17) is 0 Å². The highest BCUT2D eigenvalue weighted by atomic mass is 32.2. The maximum Gasteiger partial charge on any atom is 0.125 e. The van der Waals surface area contributed by atoms with Gasteiger partial charge < -0.3 is 10.2 Å². The number of hydrogen-bond donors (Lipinski definition) is 1. The summed E-state index contributed by atoms with van der Waals surface area (Å²) in [5.41, 5.74) is 2.02. The lowest BCUT2D eigenvalue weighted by molar-refractivity contribution is 0.619. The van der Waals surface area contributed by atoms with E-state index >= 15 is 0 Å². The molecule has 0 bridgehead atoms. The molecule has 1 aliphatic heterocycles. The highest BCUT2D eigenvalue weighted by molar-refractivity contribution is 7.99. The first-order chi connectivity index (χ1) is 8.20. The van der Waals surface area contributed by atoms with Gasteiger partial charge in [0.25, 0.3) is 0 Å². The van der Waals surface area contributed by atoms with E-state index in [1.165, 1.54) is 0 Å². The van der Waals surface area contributed by atoms with Crippen LogP contribution in [0.4, 0.5) is 10.1 Å². The lowest BCUT2D eigenvalue weighted by Gasteiger charge is -2.35. The average Bonchev–Trinajstić information content (AvgIpc) is 2.29. The smallest absolute Gasteiger partial charge is 0.125 e. The van der Waals surface area contributed by atoms with E-state index in [1.807, 2.05) is 18.8 Å². The van der Waals surface area contributed by atoms with Gasteiger partial charge in [-0.1, -0.05) is 0 Å². The Balaban J connectivity index is 2.24. The van der Waals surface area contributed by atoms with Gasteiger partial charge in [0.15, 0.2) is 0 Å². The first kappa shape index (κ1) is 12.7. The minimum absolute atomic E-state index is 0.141. The molecule has 0 aromatic heterocycles. The predicted molar refractivity (Wildman–Crippen MR) is 73.3 cm³/mol. The Labute approximate surface area is 107 Å². The summed E-state index contributed by atoms with van der Waals surface area (Å²) < 4.78 is 13.6. The van der Waals surface area contributed by atoms with Crippen LogP contribution in [0.25, 0.3) is 0 Å². The quantitative estimate of drug-likeness (QED) is 0.892. The predicted octanol–water partition coefficient (Wildman–Crippen LogP) is 2.49. The highest BCUT2D eigenvalue weighted by Crippen LogP contribution is 2.25. The first-order valence-corrected chi connectivity index (χ1v) is 7.14. The largest absolute Gasteiger partial charge is 0.367 e. The van der Waals surface area contributed by atoms with Crippen LogP contribution in [-0.4, -0.2) is 31.1 Å². The molecule has 2 nitrogen and oxygen atoms in total. The number of halogens is 1. The maximum atomic E-state index is 13.6. The number of nitrogens with one attached hydrogen (secondary N) is 1. The van der Waals surface area contributed by atoms with E-state index < -0.39 is 0 Å². The molecule has 1 unspecified atom stereocenters. The minimum Gasteiger partial charge on any atom is -0.367 e. The van der Waals surface area contributed by atoms with Gasteiger partial charge in [0.2, 0.25) is 0 Å². The molecule has 1 saturated heterocycles. The third kappa shape index (κ3) is 3.13. The Morgan fingerprint density at radius 2 is 2.29 bits per heavy atom. The van der Waals surface area contributed by atoms with Crippen molar-refractivity contribution < 1.29 is 4.39 Å². The third-order valence-electron chi connectivity index (χ3n) is 3.02. The molecule has 1 fully saturated rings. The van der Waals surface area contributed by atoms with Gasteiger partial charge in [0, 0.05) is 36.3 Å². The monoisotopic (exact) mass is 254 g/mol. The van der Waals surface area contributed by atoms with Gasteiger partial charge in [0.1, 0.15) is 5.82 Å². The van der Waals surface area contributed by atoms with Crippen molar-refractivity contribution in [3.63, 3.8) is 0 Å². The second-order valence-electron chi connectivity index (χ2n) is 4.47. The number of nitrogens with zero attached hydrogens (tertiary/aromatic N) is 1. The summed E-state index contributed by atoms with van der Waals surface area (Å²) in [6.45, 7) is 3.92. The van der Waals surface area contributed by atoms with E-state index in [2.05, 4.69) is 23.2 Å². The van der Waals surface area contributed by atoms with Crippen molar-refractivity contribution in [2.45, 2.75) is 19.5 Å². The van der Waals surface area contributed by atoms with E-state index in [0.717, 1.165) is 29.3 Å². The molecule has 2 rings (SSSR count). The first-order valence-electron chi connectivity index (χ1n) is 5.99. The molecule has 0 saturated carbocycles. The van der Waals surface area contributed by atoms with Crippen LogP contribution in [0.1, 0.15) is 12.5 Å². The van der Waals surface area contributed by atoms with Crippen LogP contribution in [0.5, 0.6) is 0 Å². The van der Waals surface area contributed by atoms with Crippen LogP contribution in [0.3, 0.4) is 0 Å². The molecule has 1 atom stereocenters. The Hall–Kier alpha value is -0.740. The molecular weight excluding hydrogens is 235 g/mol. The summed E-state index contributed by atoms with van der Waals surface area (Å²) in [4.78, 5) is 2.30. The highest BCUT2D eigenvalue weighted by Gasteiger charge is 2.19. The van der Waals surface area contributed by atoms with Crippen LogP contribution in [-0.2, 0) is 6.54 Å². The van der Waals surface area contributed by atoms with Crippen LogP contribution in [0.15, 0.2) is 18.2 Å². The summed E-state index contributed by atoms with van der Waals surface area (Å²) in [5.74, 6) is 2.11. The third-order valence-corrected chi connectivity index (χ3v) is 4.21. The van der Waals surface area contributed by atoms with Crippen LogP contribution in [0, 0.1) is 5.82 Å². The molecule has 0 spiro atoms. The van der Waals surface area contributed by atoms with Gasteiger partial charge in [-0.2, -0.15) is 11.8 Å². The normalized spacial score (nSPS) is 20.6. The summed E-state index contributed by atoms with van der Waals surface area (Å²) in [5, 5.41) is 3.06. The van der Waals surface area contributed by atoms with E-state index in [-0.39, 0.29) is 5.82 Å².